The van der Waals surface area contributed by atoms with Gasteiger partial charge in [-0.3, -0.25) is 0 Å². The van der Waals surface area contributed by atoms with Crippen molar-refractivity contribution in [3.63, 3.8) is 0 Å². The van der Waals surface area contributed by atoms with Gasteiger partial charge in [-0.05, 0) is 12.8 Å². The van der Waals surface area contributed by atoms with Gasteiger partial charge in [0.15, 0.2) is 0 Å². The van der Waals surface area contributed by atoms with E-state index in [1.54, 1.807) is 7.11 Å². The SMILES string of the molecule is COCCN1CCC(=CC(=O)O)CC1.Cl. The fourth-order valence-electron chi connectivity index (χ4n) is 1.60. The fourth-order valence-corrected chi connectivity index (χ4v) is 1.60. The average molecular weight is 236 g/mol. The van der Waals surface area contributed by atoms with Crippen molar-refractivity contribution in [2.75, 3.05) is 33.4 Å². The zero-order chi connectivity index (χ0) is 10.4. The Hall–Kier alpha value is -0.580. The molecule has 0 spiro atoms. The number of hydrogen-bond donors (Lipinski definition) is 1. The van der Waals surface area contributed by atoms with Gasteiger partial charge in [-0.2, -0.15) is 0 Å². The Bertz CT molecular complexity index is 221. The van der Waals surface area contributed by atoms with Gasteiger partial charge < -0.3 is 14.7 Å². The predicted octanol–water partition coefficient (Wildman–Crippen LogP) is 1.16. The molecule has 5 heteroatoms. The molecule has 0 unspecified atom stereocenters. The predicted molar refractivity (Wildman–Crippen MR) is 60.5 cm³/mol. The van der Waals surface area contributed by atoms with E-state index in [0.29, 0.717) is 0 Å². The highest BCUT2D eigenvalue weighted by molar-refractivity contribution is 5.85. The number of halogens is 1. The number of nitrogens with zero attached hydrogens (tertiary/aromatic N) is 1. The number of likely N-dealkylation sites (tertiary alicyclic amines) is 1. The minimum Gasteiger partial charge on any atom is -0.478 e. The summed E-state index contributed by atoms with van der Waals surface area (Å²) < 4.78 is 4.99. The molecule has 0 aliphatic carbocycles. The molecule has 1 aliphatic heterocycles. The van der Waals surface area contributed by atoms with Crippen molar-refractivity contribution in [2.45, 2.75) is 12.8 Å². The maximum absolute atomic E-state index is 10.4. The van der Waals surface area contributed by atoms with E-state index < -0.39 is 5.97 Å². The lowest BCUT2D eigenvalue weighted by atomic mass is 10.0. The lowest BCUT2D eigenvalue weighted by Gasteiger charge is -2.27. The molecule has 0 bridgehead atoms. The minimum atomic E-state index is -0.828. The Morgan fingerprint density at radius 3 is 2.60 bits per heavy atom. The van der Waals surface area contributed by atoms with E-state index in [0.717, 1.165) is 44.7 Å². The second kappa shape index (κ2) is 7.68. The first kappa shape index (κ1) is 14.4. The molecule has 15 heavy (non-hydrogen) atoms. The van der Waals surface area contributed by atoms with Gasteiger partial charge in [-0.1, -0.05) is 5.57 Å². The molecule has 1 saturated heterocycles. The van der Waals surface area contributed by atoms with Crippen molar-refractivity contribution < 1.29 is 14.6 Å². The van der Waals surface area contributed by atoms with Crippen LogP contribution in [-0.4, -0.2) is 49.3 Å². The molecule has 88 valence electrons. The minimum absolute atomic E-state index is 0. The van der Waals surface area contributed by atoms with E-state index in [1.807, 2.05) is 0 Å². The lowest BCUT2D eigenvalue weighted by Crippen LogP contribution is -2.33. The molecule has 1 rings (SSSR count). The Morgan fingerprint density at radius 2 is 2.13 bits per heavy atom. The van der Waals surface area contributed by atoms with Crippen molar-refractivity contribution in [1.82, 2.24) is 4.90 Å². The third-order valence-electron chi connectivity index (χ3n) is 2.44. The molecule has 1 aliphatic rings. The Kier molecular flexibility index (Phi) is 7.38. The molecule has 0 radical (unpaired) electrons. The van der Waals surface area contributed by atoms with E-state index in [4.69, 9.17) is 9.84 Å². The first-order valence-electron chi connectivity index (χ1n) is 4.86. The topological polar surface area (TPSA) is 49.8 Å². The number of carboxylic acids is 1. The molecule has 0 amide bonds. The van der Waals surface area contributed by atoms with E-state index in [2.05, 4.69) is 4.90 Å². The molecule has 0 aromatic carbocycles. The number of hydrogen-bond acceptors (Lipinski definition) is 3. The zero-order valence-electron chi connectivity index (χ0n) is 8.94. The average Bonchev–Trinajstić information content (AvgIpc) is 2.16. The van der Waals surface area contributed by atoms with Crippen LogP contribution in [-0.2, 0) is 9.53 Å². The normalized spacial score (nSPS) is 17.0. The number of carboxylic acid groups (broad SMARTS) is 1. The number of carbonyl (C=O) groups is 1. The summed E-state index contributed by atoms with van der Waals surface area (Å²) in [4.78, 5) is 12.7. The van der Waals surface area contributed by atoms with E-state index >= 15 is 0 Å². The smallest absolute Gasteiger partial charge is 0.328 e. The van der Waals surface area contributed by atoms with Crippen LogP contribution in [0.2, 0.25) is 0 Å². The Balaban J connectivity index is 0.00000196. The number of aliphatic carboxylic acids is 1. The molecule has 4 nitrogen and oxygen atoms in total. The van der Waals surface area contributed by atoms with E-state index in [-0.39, 0.29) is 12.4 Å². The number of piperidine rings is 1. The largest absolute Gasteiger partial charge is 0.478 e. The quantitative estimate of drug-likeness (QED) is 0.743. The van der Waals surface area contributed by atoms with Gasteiger partial charge in [0, 0.05) is 32.8 Å². The van der Waals surface area contributed by atoms with Crippen LogP contribution in [0.15, 0.2) is 11.6 Å². The molecule has 0 atom stereocenters. The highest BCUT2D eigenvalue weighted by atomic mass is 35.5. The molecular formula is C10H18ClNO3. The van der Waals surface area contributed by atoms with Crippen molar-refractivity contribution in [2.24, 2.45) is 0 Å². The van der Waals surface area contributed by atoms with Crippen LogP contribution in [0.25, 0.3) is 0 Å². The van der Waals surface area contributed by atoms with Crippen LogP contribution in [0.4, 0.5) is 0 Å². The molecule has 0 aromatic heterocycles. The summed E-state index contributed by atoms with van der Waals surface area (Å²) >= 11 is 0. The molecule has 1 heterocycles. The summed E-state index contributed by atoms with van der Waals surface area (Å²) in [6.07, 6.45) is 3.08. The van der Waals surface area contributed by atoms with Crippen LogP contribution < -0.4 is 0 Å². The van der Waals surface area contributed by atoms with E-state index in [9.17, 15) is 4.79 Å². The summed E-state index contributed by atoms with van der Waals surface area (Å²) in [5.74, 6) is -0.828. The number of methoxy groups -OCH3 is 1. The van der Waals surface area contributed by atoms with Crippen molar-refractivity contribution in [3.8, 4) is 0 Å². The second-order valence-electron chi connectivity index (χ2n) is 3.48. The summed E-state index contributed by atoms with van der Waals surface area (Å²) in [7, 11) is 1.69. The molecule has 0 saturated carbocycles. The summed E-state index contributed by atoms with van der Waals surface area (Å²) in [6, 6.07) is 0. The van der Waals surface area contributed by atoms with Crippen molar-refractivity contribution in [1.29, 1.82) is 0 Å². The highest BCUT2D eigenvalue weighted by Gasteiger charge is 2.13. The van der Waals surface area contributed by atoms with Crippen molar-refractivity contribution >= 4 is 18.4 Å². The summed E-state index contributed by atoms with van der Waals surface area (Å²) in [6.45, 7) is 3.58. The van der Waals surface area contributed by atoms with Gasteiger partial charge in [0.2, 0.25) is 0 Å². The van der Waals surface area contributed by atoms with Crippen LogP contribution in [0.3, 0.4) is 0 Å². The lowest BCUT2D eigenvalue weighted by molar-refractivity contribution is -0.131. The van der Waals surface area contributed by atoms with Crippen LogP contribution >= 0.6 is 12.4 Å². The van der Waals surface area contributed by atoms with Crippen molar-refractivity contribution in [3.05, 3.63) is 11.6 Å². The van der Waals surface area contributed by atoms with Gasteiger partial charge in [-0.15, -0.1) is 12.4 Å². The molecule has 0 aromatic rings. The third-order valence-corrected chi connectivity index (χ3v) is 2.44. The van der Waals surface area contributed by atoms with Gasteiger partial charge in [0.25, 0.3) is 0 Å². The molecular weight excluding hydrogens is 218 g/mol. The monoisotopic (exact) mass is 235 g/mol. The fraction of sp³-hybridized carbons (Fsp3) is 0.700. The maximum atomic E-state index is 10.4. The second-order valence-corrected chi connectivity index (χ2v) is 3.48. The molecule has 1 N–H and O–H groups in total. The number of rotatable bonds is 4. The summed E-state index contributed by atoms with van der Waals surface area (Å²) in [5.41, 5.74) is 1.05. The first-order valence-corrected chi connectivity index (χ1v) is 4.86. The standard InChI is InChI=1S/C10H17NO3.ClH/c1-14-7-6-11-4-2-9(3-5-11)8-10(12)13;/h8H,2-7H2,1H3,(H,12,13);1H. The molecule has 1 fully saturated rings. The zero-order valence-corrected chi connectivity index (χ0v) is 9.76. The van der Waals surface area contributed by atoms with Gasteiger partial charge in [0.1, 0.15) is 0 Å². The maximum Gasteiger partial charge on any atom is 0.328 e. The first-order chi connectivity index (χ1) is 6.72. The van der Waals surface area contributed by atoms with Crippen LogP contribution in [0, 0.1) is 0 Å². The Labute approximate surface area is 96.3 Å². The highest BCUT2D eigenvalue weighted by Crippen LogP contribution is 2.15. The third kappa shape index (κ3) is 5.77. The summed E-state index contributed by atoms with van der Waals surface area (Å²) in [5, 5.41) is 8.56. The van der Waals surface area contributed by atoms with Gasteiger partial charge >= 0.3 is 5.97 Å². The van der Waals surface area contributed by atoms with Crippen LogP contribution in [0.5, 0.6) is 0 Å². The number of ether oxygens (including phenoxy) is 1. The van der Waals surface area contributed by atoms with Gasteiger partial charge in [-0.25, -0.2) is 4.79 Å². The van der Waals surface area contributed by atoms with Gasteiger partial charge in [0.05, 0.1) is 6.61 Å². The Morgan fingerprint density at radius 1 is 1.53 bits per heavy atom. The van der Waals surface area contributed by atoms with Crippen LogP contribution in [0.1, 0.15) is 12.8 Å². The van der Waals surface area contributed by atoms with E-state index in [1.165, 1.54) is 6.08 Å².